The maximum Gasteiger partial charge on any atom is 0.192 e. The summed E-state index contributed by atoms with van der Waals surface area (Å²) in [6, 6.07) is 10.1. The summed E-state index contributed by atoms with van der Waals surface area (Å²) >= 11 is 6.78. The number of nitrogens with zero attached hydrogens (tertiary/aromatic N) is 4. The van der Waals surface area contributed by atoms with Crippen molar-refractivity contribution in [3.8, 4) is 22.0 Å². The highest BCUT2D eigenvalue weighted by Crippen LogP contribution is 2.31. The van der Waals surface area contributed by atoms with Gasteiger partial charge >= 0.3 is 0 Å². The second kappa shape index (κ2) is 8.46. The normalized spacial score (nSPS) is 11.1. The van der Waals surface area contributed by atoms with E-state index in [2.05, 4.69) is 54.8 Å². The van der Waals surface area contributed by atoms with Gasteiger partial charge in [-0.05, 0) is 25.1 Å². The molecule has 0 amide bonds. The number of hydrogen-bond acceptors (Lipinski definition) is 6. The van der Waals surface area contributed by atoms with Crippen LogP contribution in [-0.4, -0.2) is 19.7 Å². The molecule has 0 aliphatic carbocycles. The zero-order chi connectivity index (χ0) is 19.5. The Bertz CT molecular complexity index is 1120. The highest BCUT2D eigenvalue weighted by atomic mass is 79.9. The molecule has 0 radical (unpaired) electrons. The molecule has 0 aliphatic rings. The number of benzene rings is 1. The Hall–Kier alpha value is -2.16. The minimum Gasteiger partial charge on any atom is -0.469 e. The summed E-state index contributed by atoms with van der Waals surface area (Å²) in [5.74, 6) is 2.35. The number of hydrogen-bond donors (Lipinski definition) is 0. The molecule has 5 nitrogen and oxygen atoms in total. The Balaban J connectivity index is 1.53. The third-order valence-electron chi connectivity index (χ3n) is 4.10. The summed E-state index contributed by atoms with van der Waals surface area (Å²) in [5.41, 5.74) is 3.09. The molecule has 8 heteroatoms. The first-order chi connectivity index (χ1) is 13.7. The van der Waals surface area contributed by atoms with Gasteiger partial charge in [0.25, 0.3) is 0 Å². The Morgan fingerprint density at radius 2 is 2.21 bits per heavy atom. The Morgan fingerprint density at radius 3 is 2.96 bits per heavy atom. The summed E-state index contributed by atoms with van der Waals surface area (Å²) < 4.78 is 8.52. The molecule has 0 N–H and O–H groups in total. The van der Waals surface area contributed by atoms with E-state index in [1.165, 1.54) is 0 Å². The fourth-order valence-corrected chi connectivity index (χ4v) is 4.93. The molecule has 0 saturated carbocycles. The lowest BCUT2D eigenvalue weighted by Crippen LogP contribution is -2.00. The number of halogens is 1. The van der Waals surface area contributed by atoms with Crippen molar-refractivity contribution < 1.29 is 4.42 Å². The van der Waals surface area contributed by atoms with Gasteiger partial charge in [0.05, 0.1) is 17.5 Å². The molecule has 0 spiro atoms. The van der Waals surface area contributed by atoms with Crippen LogP contribution in [0, 0.1) is 6.92 Å². The van der Waals surface area contributed by atoms with Crippen molar-refractivity contribution in [2.24, 2.45) is 0 Å². The number of aromatic nitrogens is 4. The summed E-state index contributed by atoms with van der Waals surface area (Å²) in [6.45, 7) is 6.42. The van der Waals surface area contributed by atoms with E-state index in [4.69, 9.17) is 9.40 Å². The van der Waals surface area contributed by atoms with Crippen LogP contribution in [-0.2, 0) is 12.3 Å². The van der Waals surface area contributed by atoms with Crippen LogP contribution < -0.4 is 0 Å². The monoisotopic (exact) mass is 472 g/mol. The molecule has 0 bridgehead atoms. The summed E-state index contributed by atoms with van der Waals surface area (Å²) in [6.07, 6.45) is 3.52. The average Bonchev–Trinajstić information content (AvgIpc) is 3.40. The molecule has 1 aromatic carbocycles. The van der Waals surface area contributed by atoms with Gasteiger partial charge in [-0.25, -0.2) is 4.98 Å². The molecule has 4 aromatic rings. The van der Waals surface area contributed by atoms with Crippen LogP contribution in [0.3, 0.4) is 0 Å². The zero-order valence-corrected chi connectivity index (χ0v) is 18.4. The Morgan fingerprint density at radius 1 is 1.32 bits per heavy atom. The van der Waals surface area contributed by atoms with E-state index < -0.39 is 0 Å². The van der Waals surface area contributed by atoms with Crippen LogP contribution in [0.5, 0.6) is 0 Å². The molecule has 28 heavy (non-hydrogen) atoms. The largest absolute Gasteiger partial charge is 0.469 e. The quantitative estimate of drug-likeness (QED) is 0.236. The second-order valence-corrected chi connectivity index (χ2v) is 8.76. The van der Waals surface area contributed by atoms with Gasteiger partial charge in [-0.2, -0.15) is 0 Å². The van der Waals surface area contributed by atoms with Crippen molar-refractivity contribution in [1.29, 1.82) is 0 Å². The van der Waals surface area contributed by atoms with Gasteiger partial charge in [-0.15, -0.1) is 28.1 Å². The zero-order valence-electron chi connectivity index (χ0n) is 15.1. The lowest BCUT2D eigenvalue weighted by atomic mass is 10.2. The van der Waals surface area contributed by atoms with Crippen molar-refractivity contribution in [1.82, 2.24) is 19.7 Å². The number of thiazole rings is 1. The van der Waals surface area contributed by atoms with Gasteiger partial charge in [-0.1, -0.05) is 45.9 Å². The van der Waals surface area contributed by atoms with Crippen LogP contribution in [0.1, 0.15) is 11.5 Å². The molecule has 4 rings (SSSR count). The predicted octanol–water partition coefficient (Wildman–Crippen LogP) is 6.21. The second-order valence-electron chi connectivity index (χ2n) is 6.04. The summed E-state index contributed by atoms with van der Waals surface area (Å²) in [4.78, 5) is 4.77. The van der Waals surface area contributed by atoms with E-state index in [9.17, 15) is 0 Å². The molecule has 3 aromatic heterocycles. The van der Waals surface area contributed by atoms with Crippen LogP contribution in [0.4, 0.5) is 0 Å². The Labute approximate surface area is 179 Å². The standard InChI is InChI=1S/C20H17BrN4OS2/c1-3-8-25-18(17-7-9-26-13(17)2)23-24-20(25)28-12-16-11-27-19(22-16)14-5-4-6-15(21)10-14/h3-7,9-11H,1,8,12H2,2H3. The average molecular weight is 473 g/mol. The molecular formula is C20H17BrN4OS2. The van der Waals surface area contributed by atoms with E-state index in [1.807, 2.05) is 31.2 Å². The number of rotatable bonds is 7. The van der Waals surface area contributed by atoms with E-state index >= 15 is 0 Å². The minimum absolute atomic E-state index is 0.635. The molecule has 0 fully saturated rings. The molecule has 0 aliphatic heterocycles. The van der Waals surface area contributed by atoms with Crippen LogP contribution in [0.25, 0.3) is 22.0 Å². The van der Waals surface area contributed by atoms with Gasteiger partial charge < -0.3 is 4.42 Å². The van der Waals surface area contributed by atoms with Crippen molar-refractivity contribution in [2.45, 2.75) is 24.4 Å². The highest BCUT2D eigenvalue weighted by Gasteiger charge is 2.17. The Kier molecular flexibility index (Phi) is 5.79. The highest BCUT2D eigenvalue weighted by molar-refractivity contribution is 9.10. The van der Waals surface area contributed by atoms with Crippen LogP contribution >= 0.6 is 39.0 Å². The number of thioether (sulfide) groups is 1. The first kappa shape index (κ1) is 19.2. The summed E-state index contributed by atoms with van der Waals surface area (Å²) in [5, 5.41) is 12.7. The molecule has 0 atom stereocenters. The minimum atomic E-state index is 0.635. The van der Waals surface area contributed by atoms with E-state index in [0.717, 1.165) is 48.8 Å². The summed E-state index contributed by atoms with van der Waals surface area (Å²) in [7, 11) is 0. The number of aryl methyl sites for hydroxylation is 1. The van der Waals surface area contributed by atoms with Crippen molar-refractivity contribution >= 4 is 39.0 Å². The van der Waals surface area contributed by atoms with E-state index in [0.29, 0.717) is 6.54 Å². The third kappa shape index (κ3) is 3.99. The molecular weight excluding hydrogens is 456 g/mol. The third-order valence-corrected chi connectivity index (χ3v) is 6.53. The van der Waals surface area contributed by atoms with Crippen molar-refractivity contribution in [3.63, 3.8) is 0 Å². The van der Waals surface area contributed by atoms with Crippen molar-refractivity contribution in [2.75, 3.05) is 0 Å². The SMILES string of the molecule is C=CCn1c(SCc2csc(-c3cccc(Br)c3)n2)nnc1-c1ccoc1C. The van der Waals surface area contributed by atoms with Gasteiger partial charge in [0.2, 0.25) is 0 Å². The number of furan rings is 1. The molecule has 3 heterocycles. The lowest BCUT2D eigenvalue weighted by Gasteiger charge is -2.06. The first-order valence-electron chi connectivity index (χ1n) is 8.57. The maximum absolute atomic E-state index is 5.42. The smallest absolute Gasteiger partial charge is 0.192 e. The van der Waals surface area contributed by atoms with Gasteiger partial charge in [0.15, 0.2) is 11.0 Å². The van der Waals surface area contributed by atoms with Crippen LogP contribution in [0.2, 0.25) is 0 Å². The van der Waals surface area contributed by atoms with E-state index in [-0.39, 0.29) is 0 Å². The van der Waals surface area contributed by atoms with Gasteiger partial charge in [0.1, 0.15) is 10.8 Å². The first-order valence-corrected chi connectivity index (χ1v) is 11.2. The number of allylic oxidation sites excluding steroid dienone is 1. The topological polar surface area (TPSA) is 56.7 Å². The lowest BCUT2D eigenvalue weighted by molar-refractivity contribution is 0.534. The molecule has 142 valence electrons. The van der Waals surface area contributed by atoms with Gasteiger partial charge in [0, 0.05) is 27.7 Å². The fourth-order valence-electron chi connectivity index (χ4n) is 2.77. The van der Waals surface area contributed by atoms with Gasteiger partial charge in [-0.3, -0.25) is 4.57 Å². The van der Waals surface area contributed by atoms with Crippen LogP contribution in [0.15, 0.2) is 68.7 Å². The fraction of sp³-hybridized carbons (Fsp3) is 0.150. The van der Waals surface area contributed by atoms with Crippen molar-refractivity contribution in [3.05, 3.63) is 70.6 Å². The molecule has 0 saturated heterocycles. The van der Waals surface area contributed by atoms with E-state index in [1.54, 1.807) is 29.4 Å². The molecule has 0 unspecified atom stereocenters. The maximum atomic E-state index is 5.42. The predicted molar refractivity (Wildman–Crippen MR) is 117 cm³/mol.